The van der Waals surface area contributed by atoms with E-state index in [4.69, 9.17) is 5.73 Å². The van der Waals surface area contributed by atoms with Crippen LogP contribution in [0.1, 0.15) is 30.5 Å². The highest BCUT2D eigenvalue weighted by molar-refractivity contribution is 7.13. The lowest BCUT2D eigenvalue weighted by Crippen LogP contribution is -2.24. The summed E-state index contributed by atoms with van der Waals surface area (Å²) in [6.45, 7) is 6.46. The standard InChI is InChI=1S/C10H15N3OS/c1-10(2,3)8-5-4-7(15-8)6-12-13-9(11)14/h4-6H,1-3H3,(H3,11,13,14). The molecule has 0 aliphatic rings. The Balaban J connectivity index is 2.69. The van der Waals surface area contributed by atoms with E-state index in [1.54, 1.807) is 17.6 Å². The number of nitrogens with two attached hydrogens (primary N) is 1. The van der Waals surface area contributed by atoms with Gasteiger partial charge < -0.3 is 5.73 Å². The van der Waals surface area contributed by atoms with Crippen molar-refractivity contribution in [1.29, 1.82) is 0 Å². The molecule has 0 radical (unpaired) electrons. The van der Waals surface area contributed by atoms with Crippen LogP contribution in [0.2, 0.25) is 0 Å². The summed E-state index contributed by atoms with van der Waals surface area (Å²) in [5.74, 6) is 0. The molecule has 1 aromatic rings. The predicted octanol–water partition coefficient (Wildman–Crippen LogP) is 2.05. The lowest BCUT2D eigenvalue weighted by molar-refractivity contribution is 0.249. The second-order valence-electron chi connectivity index (χ2n) is 4.19. The van der Waals surface area contributed by atoms with Crippen molar-refractivity contribution in [2.45, 2.75) is 26.2 Å². The predicted molar refractivity (Wildman–Crippen MR) is 63.3 cm³/mol. The third-order valence-electron chi connectivity index (χ3n) is 1.73. The van der Waals surface area contributed by atoms with Crippen molar-refractivity contribution in [3.8, 4) is 0 Å². The summed E-state index contributed by atoms with van der Waals surface area (Å²) in [7, 11) is 0. The fraction of sp³-hybridized carbons (Fsp3) is 0.400. The van der Waals surface area contributed by atoms with Gasteiger partial charge in [-0.1, -0.05) is 20.8 Å². The van der Waals surface area contributed by atoms with Crippen molar-refractivity contribution in [2.75, 3.05) is 0 Å². The number of amides is 2. The molecule has 0 aliphatic carbocycles. The summed E-state index contributed by atoms with van der Waals surface area (Å²) < 4.78 is 0. The van der Waals surface area contributed by atoms with Crippen molar-refractivity contribution in [2.24, 2.45) is 10.8 Å². The molecule has 3 N–H and O–H groups in total. The lowest BCUT2D eigenvalue weighted by Gasteiger charge is -2.14. The summed E-state index contributed by atoms with van der Waals surface area (Å²) in [5, 5.41) is 3.70. The number of nitrogens with zero attached hydrogens (tertiary/aromatic N) is 1. The van der Waals surface area contributed by atoms with Crippen LogP contribution in [0.3, 0.4) is 0 Å². The Hall–Kier alpha value is -1.36. The first-order valence-corrected chi connectivity index (χ1v) is 5.40. The Morgan fingerprint density at radius 3 is 2.67 bits per heavy atom. The minimum absolute atomic E-state index is 0.147. The monoisotopic (exact) mass is 225 g/mol. The fourth-order valence-corrected chi connectivity index (χ4v) is 1.92. The maximum atomic E-state index is 10.4. The molecule has 0 aliphatic heterocycles. The van der Waals surface area contributed by atoms with E-state index in [9.17, 15) is 4.79 Å². The number of thiophene rings is 1. The van der Waals surface area contributed by atoms with Crippen LogP contribution in [0.15, 0.2) is 17.2 Å². The van der Waals surface area contributed by atoms with Gasteiger partial charge in [0.15, 0.2) is 0 Å². The molecule has 4 nitrogen and oxygen atoms in total. The highest BCUT2D eigenvalue weighted by atomic mass is 32.1. The second kappa shape index (κ2) is 4.44. The van der Waals surface area contributed by atoms with Crippen molar-refractivity contribution in [3.63, 3.8) is 0 Å². The Morgan fingerprint density at radius 1 is 1.53 bits per heavy atom. The third-order valence-corrected chi connectivity index (χ3v) is 3.18. The number of carbonyl (C=O) groups is 1. The molecule has 0 unspecified atom stereocenters. The van der Waals surface area contributed by atoms with E-state index in [1.807, 2.05) is 6.07 Å². The molecule has 0 aromatic carbocycles. The van der Waals surface area contributed by atoms with E-state index in [1.165, 1.54) is 4.88 Å². The number of carbonyl (C=O) groups excluding carboxylic acids is 1. The molecule has 0 bridgehead atoms. The zero-order valence-corrected chi connectivity index (χ0v) is 9.89. The SMILES string of the molecule is CC(C)(C)c1ccc(C=NNC(N)=O)s1. The summed E-state index contributed by atoms with van der Waals surface area (Å²) in [6.07, 6.45) is 1.59. The summed E-state index contributed by atoms with van der Waals surface area (Å²) >= 11 is 1.65. The van der Waals surface area contributed by atoms with Crippen LogP contribution in [-0.4, -0.2) is 12.2 Å². The molecule has 2 amide bonds. The van der Waals surface area contributed by atoms with Crippen LogP contribution in [0.5, 0.6) is 0 Å². The number of hydrogen-bond acceptors (Lipinski definition) is 3. The maximum absolute atomic E-state index is 10.4. The smallest absolute Gasteiger partial charge is 0.332 e. The Kier molecular flexibility index (Phi) is 3.47. The number of rotatable bonds is 2. The Bertz CT molecular complexity index is 376. The van der Waals surface area contributed by atoms with Gasteiger partial charge in [0.25, 0.3) is 0 Å². The zero-order valence-electron chi connectivity index (χ0n) is 9.07. The van der Waals surface area contributed by atoms with Gasteiger partial charge in [0.1, 0.15) is 0 Å². The van der Waals surface area contributed by atoms with Gasteiger partial charge in [-0.25, -0.2) is 10.2 Å². The Labute approximate surface area is 93.2 Å². The van der Waals surface area contributed by atoms with E-state index >= 15 is 0 Å². The number of primary amides is 1. The quantitative estimate of drug-likeness (QED) is 0.587. The van der Waals surface area contributed by atoms with Crippen molar-refractivity contribution in [1.82, 2.24) is 5.43 Å². The highest BCUT2D eigenvalue weighted by Gasteiger charge is 2.15. The minimum Gasteiger partial charge on any atom is -0.350 e. The lowest BCUT2D eigenvalue weighted by atomic mass is 9.95. The van der Waals surface area contributed by atoms with E-state index in [0.717, 1.165) is 4.88 Å². The topological polar surface area (TPSA) is 67.5 Å². The average Bonchev–Trinajstić information content (AvgIpc) is 2.51. The summed E-state index contributed by atoms with van der Waals surface area (Å²) in [4.78, 5) is 12.6. The second-order valence-corrected chi connectivity index (χ2v) is 5.30. The zero-order chi connectivity index (χ0) is 11.5. The van der Waals surface area contributed by atoms with Crippen LogP contribution in [0.4, 0.5) is 4.79 Å². The van der Waals surface area contributed by atoms with E-state index in [-0.39, 0.29) is 5.41 Å². The van der Waals surface area contributed by atoms with E-state index in [0.29, 0.717) is 0 Å². The summed E-state index contributed by atoms with van der Waals surface area (Å²) in [6, 6.07) is 3.38. The van der Waals surface area contributed by atoms with Gasteiger partial charge in [-0.2, -0.15) is 5.10 Å². The molecule has 0 fully saturated rings. The van der Waals surface area contributed by atoms with E-state index in [2.05, 4.69) is 37.4 Å². The number of nitrogens with one attached hydrogen (secondary N) is 1. The normalized spacial score (nSPS) is 11.9. The molecule has 1 rings (SSSR count). The molecule has 1 aromatic heterocycles. The molecule has 1 heterocycles. The van der Waals surface area contributed by atoms with Gasteiger partial charge in [-0.05, 0) is 17.5 Å². The van der Waals surface area contributed by atoms with Crippen LogP contribution in [-0.2, 0) is 5.41 Å². The first-order chi connectivity index (χ1) is 6.89. The van der Waals surface area contributed by atoms with Gasteiger partial charge in [0.05, 0.1) is 6.21 Å². The number of hydrazone groups is 1. The number of urea groups is 1. The molecule has 5 heteroatoms. The highest BCUT2D eigenvalue weighted by Crippen LogP contribution is 2.28. The van der Waals surface area contributed by atoms with Gasteiger partial charge >= 0.3 is 6.03 Å². The first-order valence-electron chi connectivity index (χ1n) is 4.58. The molecule has 0 spiro atoms. The largest absolute Gasteiger partial charge is 0.350 e. The third kappa shape index (κ3) is 3.71. The van der Waals surface area contributed by atoms with E-state index < -0.39 is 6.03 Å². The van der Waals surface area contributed by atoms with Gasteiger partial charge in [-0.15, -0.1) is 11.3 Å². The summed E-state index contributed by atoms with van der Waals surface area (Å²) in [5.41, 5.74) is 7.17. The molecule has 0 saturated heterocycles. The molecular weight excluding hydrogens is 210 g/mol. The van der Waals surface area contributed by atoms with Crippen LogP contribution >= 0.6 is 11.3 Å². The van der Waals surface area contributed by atoms with Crippen molar-refractivity contribution >= 4 is 23.6 Å². The molecular formula is C10H15N3OS. The van der Waals surface area contributed by atoms with Crippen molar-refractivity contribution in [3.05, 3.63) is 21.9 Å². The van der Waals surface area contributed by atoms with Crippen LogP contribution in [0, 0.1) is 0 Å². The first kappa shape index (κ1) is 11.7. The van der Waals surface area contributed by atoms with Gasteiger partial charge in [0.2, 0.25) is 0 Å². The maximum Gasteiger partial charge on any atom is 0.332 e. The van der Waals surface area contributed by atoms with Crippen LogP contribution in [0.25, 0.3) is 0 Å². The molecule has 15 heavy (non-hydrogen) atoms. The molecule has 0 saturated carbocycles. The molecule has 0 atom stereocenters. The van der Waals surface area contributed by atoms with Gasteiger partial charge in [0, 0.05) is 9.75 Å². The van der Waals surface area contributed by atoms with Crippen molar-refractivity contribution < 1.29 is 4.79 Å². The molecule has 82 valence electrons. The Morgan fingerprint density at radius 2 is 2.20 bits per heavy atom. The van der Waals surface area contributed by atoms with Crippen LogP contribution < -0.4 is 11.2 Å². The minimum atomic E-state index is -0.654. The fourth-order valence-electron chi connectivity index (χ4n) is 0.985. The number of hydrogen-bond donors (Lipinski definition) is 2. The average molecular weight is 225 g/mol. The van der Waals surface area contributed by atoms with Gasteiger partial charge in [-0.3, -0.25) is 0 Å².